The van der Waals surface area contributed by atoms with Gasteiger partial charge in [-0.3, -0.25) is 9.59 Å². The van der Waals surface area contributed by atoms with E-state index in [2.05, 4.69) is 20.9 Å². The van der Waals surface area contributed by atoms with Crippen molar-refractivity contribution >= 4 is 44.6 Å². The fourth-order valence-electron chi connectivity index (χ4n) is 2.27. The number of Topliss-reactive ketones (excluding diaryl/α,β-unsaturated/α-hetero) is 1. The molecule has 0 N–H and O–H groups in total. The number of amides is 1. The van der Waals surface area contributed by atoms with Gasteiger partial charge in [-0.1, -0.05) is 15.9 Å². The number of carbonyl (C=O) groups excluding carboxylic acids is 2. The lowest BCUT2D eigenvalue weighted by atomic mass is 10.1. The third-order valence-corrected chi connectivity index (χ3v) is 4.83. The zero-order chi connectivity index (χ0) is 14.3. The van der Waals surface area contributed by atoms with Crippen LogP contribution in [0.4, 0.5) is 5.69 Å². The Labute approximate surface area is 128 Å². The highest BCUT2D eigenvalue weighted by atomic mass is 79.9. The molecule has 2 aromatic rings. The Hall–Kier alpha value is -1.53. The number of thiazole rings is 1. The predicted octanol–water partition coefficient (Wildman–Crippen LogP) is 2.99. The molecule has 1 aromatic heterocycles. The average Bonchev–Trinajstić information content (AvgIpc) is 2.92. The van der Waals surface area contributed by atoms with Crippen LogP contribution in [0.15, 0.2) is 28.2 Å². The smallest absolute Gasteiger partial charge is 0.299 e. The largest absolute Gasteiger partial charge is 0.304 e. The van der Waals surface area contributed by atoms with E-state index in [-0.39, 0.29) is 0 Å². The van der Waals surface area contributed by atoms with E-state index in [1.54, 1.807) is 33.9 Å². The van der Waals surface area contributed by atoms with Crippen LogP contribution in [0, 0.1) is 6.92 Å². The van der Waals surface area contributed by atoms with Crippen LogP contribution in [0.1, 0.15) is 20.9 Å². The van der Waals surface area contributed by atoms with Gasteiger partial charge in [0.05, 0.1) is 22.5 Å². The third kappa shape index (κ3) is 2.19. The first-order valence-corrected chi connectivity index (χ1v) is 7.80. The summed E-state index contributed by atoms with van der Waals surface area (Å²) in [4.78, 5) is 30.9. The molecule has 1 aromatic carbocycles. The normalized spacial score (nSPS) is 14.0. The molecule has 0 aliphatic carbocycles. The first-order chi connectivity index (χ1) is 9.58. The average molecular weight is 351 g/mol. The van der Waals surface area contributed by atoms with Crippen molar-refractivity contribution in [2.45, 2.75) is 13.3 Å². The highest BCUT2D eigenvalue weighted by molar-refractivity contribution is 9.10. The molecule has 0 bridgehead atoms. The van der Waals surface area contributed by atoms with Gasteiger partial charge in [-0.25, -0.2) is 4.98 Å². The van der Waals surface area contributed by atoms with Crippen molar-refractivity contribution in [3.8, 4) is 0 Å². The molecule has 6 heteroatoms. The van der Waals surface area contributed by atoms with Gasteiger partial charge in [0.1, 0.15) is 0 Å². The molecule has 3 rings (SSSR count). The van der Waals surface area contributed by atoms with Crippen LogP contribution in [0.3, 0.4) is 0 Å². The predicted molar refractivity (Wildman–Crippen MR) is 81.4 cm³/mol. The summed E-state index contributed by atoms with van der Waals surface area (Å²) < 4.78 is 0.859. The molecule has 0 radical (unpaired) electrons. The van der Waals surface area contributed by atoms with Crippen molar-refractivity contribution in [3.05, 3.63) is 44.3 Å². The zero-order valence-corrected chi connectivity index (χ0v) is 13.1. The highest BCUT2D eigenvalue weighted by Crippen LogP contribution is 2.32. The van der Waals surface area contributed by atoms with Gasteiger partial charge in [0.2, 0.25) is 0 Å². The minimum Gasteiger partial charge on any atom is -0.304 e. The van der Waals surface area contributed by atoms with Crippen LogP contribution in [0.5, 0.6) is 0 Å². The Bertz CT molecular complexity index is 711. The lowest BCUT2D eigenvalue weighted by Gasteiger charge is -2.16. The molecule has 1 aliphatic rings. The summed E-state index contributed by atoms with van der Waals surface area (Å²) in [5, 5.41) is 0. The number of halogens is 1. The second kappa shape index (κ2) is 5.10. The first-order valence-electron chi connectivity index (χ1n) is 6.12. The number of aryl methyl sites for hydroxylation is 1. The van der Waals surface area contributed by atoms with Gasteiger partial charge in [0, 0.05) is 22.3 Å². The summed E-state index contributed by atoms with van der Waals surface area (Å²) in [6, 6.07) is 5.29. The van der Waals surface area contributed by atoms with Crippen LogP contribution in [0.25, 0.3) is 0 Å². The fourth-order valence-corrected chi connectivity index (χ4v) is 3.39. The van der Waals surface area contributed by atoms with Crippen LogP contribution in [0.2, 0.25) is 0 Å². The van der Waals surface area contributed by atoms with Gasteiger partial charge >= 0.3 is 0 Å². The summed E-state index contributed by atoms with van der Waals surface area (Å²) in [6.45, 7) is 2.45. The number of rotatable bonds is 3. The number of hydrogen-bond acceptors (Lipinski definition) is 4. The summed E-state index contributed by atoms with van der Waals surface area (Å²) in [6.07, 6.45) is 0.710. The number of benzene rings is 1. The van der Waals surface area contributed by atoms with Crippen LogP contribution in [-0.4, -0.2) is 23.2 Å². The van der Waals surface area contributed by atoms with Crippen LogP contribution >= 0.6 is 27.3 Å². The molecule has 1 amide bonds. The monoisotopic (exact) mass is 350 g/mol. The van der Waals surface area contributed by atoms with E-state index in [1.807, 2.05) is 13.0 Å². The molecule has 0 unspecified atom stereocenters. The number of hydrogen-bond donors (Lipinski definition) is 0. The number of fused-ring (bicyclic) bond motifs is 1. The Morgan fingerprint density at radius 2 is 2.15 bits per heavy atom. The van der Waals surface area contributed by atoms with Crippen LogP contribution < -0.4 is 4.90 Å². The molecule has 1 aliphatic heterocycles. The van der Waals surface area contributed by atoms with Crippen molar-refractivity contribution in [2.75, 3.05) is 11.4 Å². The van der Waals surface area contributed by atoms with Gasteiger partial charge < -0.3 is 4.90 Å². The lowest BCUT2D eigenvalue weighted by Crippen LogP contribution is -2.31. The molecule has 0 spiro atoms. The molecule has 102 valence electrons. The van der Waals surface area contributed by atoms with Gasteiger partial charge in [-0.15, -0.1) is 11.3 Å². The minimum absolute atomic E-state index is 0.423. The highest BCUT2D eigenvalue weighted by Gasteiger charge is 2.35. The maximum atomic E-state index is 12.1. The number of ketones is 1. The van der Waals surface area contributed by atoms with Crippen molar-refractivity contribution < 1.29 is 9.59 Å². The van der Waals surface area contributed by atoms with Gasteiger partial charge in [-0.05, 0) is 25.1 Å². The molecule has 0 saturated heterocycles. The van der Waals surface area contributed by atoms with E-state index in [9.17, 15) is 9.59 Å². The van der Waals surface area contributed by atoms with Crippen molar-refractivity contribution in [1.29, 1.82) is 0 Å². The Morgan fingerprint density at radius 1 is 1.35 bits per heavy atom. The summed E-state index contributed by atoms with van der Waals surface area (Å²) >= 11 is 4.95. The number of nitrogens with zero attached hydrogens (tertiary/aromatic N) is 2. The molecule has 0 atom stereocenters. The zero-order valence-electron chi connectivity index (χ0n) is 10.7. The van der Waals surface area contributed by atoms with Crippen molar-refractivity contribution in [2.24, 2.45) is 0 Å². The first kappa shape index (κ1) is 13.5. The van der Waals surface area contributed by atoms with Crippen LogP contribution in [-0.2, 0) is 11.2 Å². The second-order valence-electron chi connectivity index (χ2n) is 4.56. The lowest BCUT2D eigenvalue weighted by molar-refractivity contribution is -0.114. The topological polar surface area (TPSA) is 50.3 Å². The van der Waals surface area contributed by atoms with Crippen molar-refractivity contribution in [1.82, 2.24) is 4.98 Å². The third-order valence-electron chi connectivity index (χ3n) is 3.34. The number of carbonyl (C=O) groups is 2. The fraction of sp³-hybridized carbons (Fsp3) is 0.214. The van der Waals surface area contributed by atoms with E-state index in [0.29, 0.717) is 24.2 Å². The number of anilines is 1. The maximum Gasteiger partial charge on any atom is 0.299 e. The standard InChI is InChI=1S/C14H11BrN2O2S/c1-8-12(20-7-16-8)4-5-17-11-6-9(15)2-3-10(11)13(18)14(17)19/h2-3,6-7H,4-5H2,1H3. The molecular weight excluding hydrogens is 340 g/mol. The molecule has 0 fully saturated rings. The molecule has 2 heterocycles. The van der Waals surface area contributed by atoms with E-state index in [4.69, 9.17) is 0 Å². The SMILES string of the molecule is Cc1ncsc1CCN1C(=O)C(=O)c2ccc(Br)cc21. The Kier molecular flexibility index (Phi) is 3.43. The van der Waals surface area contributed by atoms with E-state index in [1.165, 1.54) is 0 Å². The van der Waals surface area contributed by atoms with E-state index < -0.39 is 11.7 Å². The minimum atomic E-state index is -0.444. The molecule has 4 nitrogen and oxygen atoms in total. The quantitative estimate of drug-likeness (QED) is 0.799. The van der Waals surface area contributed by atoms with Gasteiger partial charge in [0.25, 0.3) is 11.7 Å². The summed E-state index contributed by atoms with van der Waals surface area (Å²) in [5.41, 5.74) is 3.96. The van der Waals surface area contributed by atoms with E-state index in [0.717, 1.165) is 15.0 Å². The summed E-state index contributed by atoms with van der Waals surface area (Å²) in [5.74, 6) is -0.867. The molecular formula is C14H11BrN2O2S. The van der Waals surface area contributed by atoms with Gasteiger partial charge in [0.15, 0.2) is 0 Å². The van der Waals surface area contributed by atoms with Crippen molar-refractivity contribution in [3.63, 3.8) is 0 Å². The van der Waals surface area contributed by atoms with E-state index >= 15 is 0 Å². The Morgan fingerprint density at radius 3 is 2.85 bits per heavy atom. The molecule has 0 saturated carbocycles. The van der Waals surface area contributed by atoms with Gasteiger partial charge in [-0.2, -0.15) is 0 Å². The molecule has 20 heavy (non-hydrogen) atoms. The summed E-state index contributed by atoms with van der Waals surface area (Å²) in [7, 11) is 0. The Balaban J connectivity index is 1.87. The second-order valence-corrected chi connectivity index (χ2v) is 6.41. The number of aromatic nitrogens is 1. The maximum absolute atomic E-state index is 12.1.